The summed E-state index contributed by atoms with van der Waals surface area (Å²) in [5, 5.41) is 50.4. The molecule has 3 heterocycles. The number of aliphatic hydroxyl groups excluding tert-OH is 2. The summed E-state index contributed by atoms with van der Waals surface area (Å²) in [6, 6.07) is 0. The number of fused-ring (bicyclic) bond motifs is 5. The standard InChI is InChI=1S/C44H70N2O7/c1-6-7-8-9-16-42-19-11-30(48)24-33(42)34(49)25-32-31(42)12-18-40(4)35(13-20-44(32,40)51)43(26-28(2)15-22-52-43)38-37(53-38)41(5,50)39(3,27-47)17-10-29-14-21-46-36(45)23-29/h14,23,25,28,30-31,33,35,37-38,46-48,50-51H,6-13,15-22,24,26-27,45H2,1-5H3/t28-,30-,31-,33-,35-,37-,38-,39-,40+,41-,42+,43+,44+/m0/s1. The van der Waals surface area contributed by atoms with E-state index in [1.807, 2.05) is 26.0 Å². The minimum atomic E-state index is -1.34. The van der Waals surface area contributed by atoms with Crippen LogP contribution in [0.15, 0.2) is 35.2 Å². The molecule has 7 N–H and O–H groups in total. The van der Waals surface area contributed by atoms with Gasteiger partial charge >= 0.3 is 0 Å². The number of nitrogens with one attached hydrogen (secondary N) is 1. The van der Waals surface area contributed by atoms with Crippen LogP contribution < -0.4 is 11.1 Å². The highest BCUT2D eigenvalue weighted by Gasteiger charge is 2.75. The number of hydrogen-bond acceptors (Lipinski definition) is 9. The Morgan fingerprint density at radius 2 is 1.85 bits per heavy atom. The molecule has 9 heteroatoms. The molecule has 298 valence electrons. The van der Waals surface area contributed by atoms with Crippen LogP contribution in [0, 0.1) is 39.9 Å². The van der Waals surface area contributed by atoms with Gasteiger partial charge in [0.05, 0.1) is 29.7 Å². The number of nitrogens with two attached hydrogens (primary N) is 1. The molecule has 3 saturated carbocycles. The van der Waals surface area contributed by atoms with Crippen LogP contribution in [0.25, 0.3) is 0 Å². The second kappa shape index (κ2) is 14.3. The molecule has 13 atom stereocenters. The van der Waals surface area contributed by atoms with Crippen molar-refractivity contribution in [3.63, 3.8) is 0 Å². The van der Waals surface area contributed by atoms with Crippen LogP contribution in [-0.4, -0.2) is 81.1 Å². The largest absolute Gasteiger partial charge is 0.396 e. The smallest absolute Gasteiger partial charge is 0.159 e. The van der Waals surface area contributed by atoms with E-state index in [1.165, 1.54) is 6.42 Å². The van der Waals surface area contributed by atoms with Crippen LogP contribution in [0.1, 0.15) is 137 Å². The normalized spacial score (nSPS) is 44.6. The fraction of sp³-hybridized carbons (Fsp3) is 0.841. The van der Waals surface area contributed by atoms with Crippen molar-refractivity contribution in [2.45, 2.75) is 172 Å². The van der Waals surface area contributed by atoms with Crippen molar-refractivity contribution in [2.24, 2.45) is 45.7 Å². The van der Waals surface area contributed by atoms with Crippen LogP contribution in [-0.2, 0) is 14.3 Å². The van der Waals surface area contributed by atoms with Crippen molar-refractivity contribution in [1.82, 2.24) is 5.32 Å². The van der Waals surface area contributed by atoms with Gasteiger partial charge in [-0.15, -0.1) is 0 Å². The monoisotopic (exact) mass is 739 g/mol. The summed E-state index contributed by atoms with van der Waals surface area (Å²) in [6.07, 6.45) is 18.2. The fourth-order valence-corrected chi connectivity index (χ4v) is 13.0. The quantitative estimate of drug-likeness (QED) is 0.0988. The second-order valence-electron chi connectivity index (χ2n) is 19.5. The van der Waals surface area contributed by atoms with Crippen molar-refractivity contribution >= 4 is 5.78 Å². The average molecular weight is 739 g/mol. The van der Waals surface area contributed by atoms with Crippen molar-refractivity contribution in [3.05, 3.63) is 35.2 Å². The molecule has 53 heavy (non-hydrogen) atoms. The van der Waals surface area contributed by atoms with Gasteiger partial charge in [0.25, 0.3) is 0 Å². The highest BCUT2D eigenvalue weighted by atomic mass is 16.6. The van der Waals surface area contributed by atoms with E-state index in [0.29, 0.717) is 50.6 Å². The van der Waals surface area contributed by atoms with Crippen LogP contribution in [0.2, 0.25) is 0 Å². The van der Waals surface area contributed by atoms with Crippen LogP contribution >= 0.6 is 0 Å². The molecule has 0 aromatic rings. The van der Waals surface area contributed by atoms with E-state index in [4.69, 9.17) is 15.2 Å². The first-order valence-corrected chi connectivity index (χ1v) is 21.3. The maximum absolute atomic E-state index is 14.2. The number of allylic oxidation sites excluding steroid dienone is 3. The predicted octanol–water partition coefficient (Wildman–Crippen LogP) is 5.98. The van der Waals surface area contributed by atoms with Gasteiger partial charge in [0, 0.05) is 29.9 Å². The summed E-state index contributed by atoms with van der Waals surface area (Å²) >= 11 is 0. The van der Waals surface area contributed by atoms with Gasteiger partial charge in [-0.2, -0.15) is 0 Å². The Hall–Kier alpha value is -1.75. The first-order valence-electron chi connectivity index (χ1n) is 21.3. The lowest BCUT2D eigenvalue weighted by Gasteiger charge is -2.62. The Kier molecular flexibility index (Phi) is 10.7. The summed E-state index contributed by atoms with van der Waals surface area (Å²) in [4.78, 5) is 14.2. The third kappa shape index (κ3) is 6.30. The maximum atomic E-state index is 14.2. The van der Waals surface area contributed by atoms with Gasteiger partial charge in [-0.1, -0.05) is 59.5 Å². The van der Waals surface area contributed by atoms with Crippen molar-refractivity contribution in [3.8, 4) is 0 Å². The number of epoxide rings is 1. The third-order valence-electron chi connectivity index (χ3n) is 16.6. The number of ether oxygens (including phenoxy) is 2. The highest BCUT2D eigenvalue weighted by Crippen LogP contribution is 2.71. The van der Waals surface area contributed by atoms with E-state index in [1.54, 1.807) is 0 Å². The van der Waals surface area contributed by atoms with E-state index in [2.05, 4.69) is 32.2 Å². The van der Waals surface area contributed by atoms with Gasteiger partial charge in [-0.25, -0.2) is 0 Å². The zero-order valence-corrected chi connectivity index (χ0v) is 33.3. The van der Waals surface area contributed by atoms with E-state index in [-0.39, 0.29) is 41.7 Å². The average Bonchev–Trinajstić information content (AvgIpc) is 3.90. The number of carbonyl (C=O) groups is 1. The number of carbonyl (C=O) groups excluding carboxylic acids is 1. The number of hydrogen-bond donors (Lipinski definition) is 6. The van der Waals surface area contributed by atoms with Gasteiger partial charge in [-0.3, -0.25) is 4.79 Å². The molecule has 5 fully saturated rings. The maximum Gasteiger partial charge on any atom is 0.159 e. The first kappa shape index (κ1) is 39.5. The lowest BCUT2D eigenvalue weighted by Crippen LogP contribution is -2.64. The molecule has 0 spiro atoms. The summed E-state index contributed by atoms with van der Waals surface area (Å²) in [5.74, 6) is 1.04. The zero-order valence-electron chi connectivity index (χ0n) is 33.3. The Bertz CT molecular complexity index is 1490. The topological polar surface area (TPSA) is 158 Å². The number of rotatable bonds is 13. The number of dihydropyridines is 1. The Morgan fingerprint density at radius 3 is 2.57 bits per heavy atom. The van der Waals surface area contributed by atoms with E-state index >= 15 is 0 Å². The third-order valence-corrected chi connectivity index (χ3v) is 16.6. The van der Waals surface area contributed by atoms with Crippen LogP contribution in [0.4, 0.5) is 0 Å². The molecule has 4 aliphatic carbocycles. The van der Waals surface area contributed by atoms with E-state index in [9.17, 15) is 25.2 Å². The fourth-order valence-electron chi connectivity index (χ4n) is 13.0. The SMILES string of the molecule is CCCCCC[C@]12CC[C@H](O)C[C@H]1C(=O)C=C1[C@@H]2CC[C@]2(C)[C@@H]([C@@]3([C@H]4O[C@@H]4[C@](C)(O)[C@](C)(CO)CCC4=CCNC(N)=C4)C[C@@H](C)CCO3)CC[C@@]12O. The Balaban J connectivity index is 1.18. The highest BCUT2D eigenvalue weighted by molar-refractivity contribution is 5.95. The van der Waals surface area contributed by atoms with Crippen LogP contribution in [0.5, 0.6) is 0 Å². The zero-order chi connectivity index (χ0) is 38.0. The summed E-state index contributed by atoms with van der Waals surface area (Å²) in [7, 11) is 0. The van der Waals surface area contributed by atoms with Crippen molar-refractivity contribution < 1.29 is 34.7 Å². The van der Waals surface area contributed by atoms with Gasteiger partial charge < -0.3 is 41.0 Å². The molecule has 2 saturated heterocycles. The molecule has 0 aromatic carbocycles. The van der Waals surface area contributed by atoms with Gasteiger partial charge in [-0.05, 0) is 130 Å². The van der Waals surface area contributed by atoms with Gasteiger partial charge in [0.2, 0.25) is 0 Å². The predicted molar refractivity (Wildman–Crippen MR) is 205 cm³/mol. The molecule has 0 aromatic heterocycles. The molecular weight excluding hydrogens is 668 g/mol. The summed E-state index contributed by atoms with van der Waals surface area (Å²) in [6.45, 7) is 11.6. The van der Waals surface area contributed by atoms with E-state index in [0.717, 1.165) is 81.8 Å². The lowest BCUT2D eigenvalue weighted by atomic mass is 9.44. The summed E-state index contributed by atoms with van der Waals surface area (Å²) < 4.78 is 13.7. The first-order chi connectivity index (χ1) is 25.1. The molecule has 0 amide bonds. The number of ketones is 1. The number of aliphatic hydroxyl groups is 4. The second-order valence-corrected chi connectivity index (χ2v) is 19.5. The van der Waals surface area contributed by atoms with Crippen molar-refractivity contribution in [1.29, 1.82) is 0 Å². The Labute approximate surface area is 318 Å². The minimum absolute atomic E-state index is 0.0368. The lowest BCUT2D eigenvalue weighted by molar-refractivity contribution is -0.194. The molecule has 0 bridgehead atoms. The van der Waals surface area contributed by atoms with Crippen LogP contribution in [0.3, 0.4) is 0 Å². The van der Waals surface area contributed by atoms with Gasteiger partial charge in [0.1, 0.15) is 17.8 Å². The molecule has 9 nitrogen and oxygen atoms in total. The summed E-state index contributed by atoms with van der Waals surface area (Å²) in [5.41, 5.74) is 3.28. The molecule has 7 aliphatic rings. The molecular formula is C44H70N2O7. The number of unbranched alkanes of at least 4 members (excludes halogenated alkanes) is 3. The Morgan fingerprint density at radius 1 is 1.06 bits per heavy atom. The van der Waals surface area contributed by atoms with Gasteiger partial charge in [0.15, 0.2) is 5.78 Å². The minimum Gasteiger partial charge on any atom is -0.396 e. The van der Waals surface area contributed by atoms with Crippen molar-refractivity contribution in [2.75, 3.05) is 19.8 Å². The molecule has 0 radical (unpaired) electrons. The molecule has 3 aliphatic heterocycles. The molecule has 7 rings (SSSR count). The molecule has 0 unspecified atom stereocenters. The van der Waals surface area contributed by atoms with E-state index < -0.39 is 39.8 Å².